The predicted octanol–water partition coefficient (Wildman–Crippen LogP) is 3.14. The molecule has 0 aliphatic rings. The lowest BCUT2D eigenvalue weighted by molar-refractivity contribution is 0.0791. The highest BCUT2D eigenvalue weighted by atomic mass is 16.2. The van der Waals surface area contributed by atoms with Crippen molar-refractivity contribution in [2.75, 3.05) is 13.1 Å². The standard InChI is InChI=1S/C20H19N5O/c1-3-10-24(11-4-2)20(26)18-12-17(16-8-6-5-7-9-16)13-19(14-18)25-15-21-22-23-25/h3-9,12-15H,1-2,10-11H2. The fraction of sp³-hybridized carbons (Fsp3) is 0.100. The van der Waals surface area contributed by atoms with Crippen LogP contribution in [0.25, 0.3) is 16.8 Å². The van der Waals surface area contributed by atoms with Crippen LogP contribution in [0.2, 0.25) is 0 Å². The molecule has 1 amide bonds. The molecule has 3 aromatic rings. The molecule has 0 radical (unpaired) electrons. The quantitative estimate of drug-likeness (QED) is 0.617. The molecule has 6 nitrogen and oxygen atoms in total. The average Bonchev–Trinajstić information content (AvgIpc) is 3.22. The van der Waals surface area contributed by atoms with Crippen LogP contribution in [0.5, 0.6) is 0 Å². The van der Waals surface area contributed by atoms with E-state index < -0.39 is 0 Å². The molecule has 3 rings (SSSR count). The van der Waals surface area contributed by atoms with E-state index in [1.807, 2.05) is 42.5 Å². The van der Waals surface area contributed by atoms with Gasteiger partial charge in [-0.1, -0.05) is 42.5 Å². The first-order valence-corrected chi connectivity index (χ1v) is 8.18. The summed E-state index contributed by atoms with van der Waals surface area (Å²) < 4.78 is 1.54. The summed E-state index contributed by atoms with van der Waals surface area (Å²) in [5.74, 6) is -0.100. The van der Waals surface area contributed by atoms with Gasteiger partial charge < -0.3 is 4.90 Å². The molecule has 26 heavy (non-hydrogen) atoms. The number of carbonyl (C=O) groups is 1. The zero-order chi connectivity index (χ0) is 18.4. The van der Waals surface area contributed by atoms with Crippen LogP contribution in [0.4, 0.5) is 0 Å². The Bertz CT molecular complexity index is 893. The number of tetrazole rings is 1. The van der Waals surface area contributed by atoms with Crippen molar-refractivity contribution in [1.29, 1.82) is 0 Å². The van der Waals surface area contributed by atoms with Gasteiger partial charge in [-0.3, -0.25) is 4.79 Å². The second kappa shape index (κ2) is 8.02. The fourth-order valence-corrected chi connectivity index (χ4v) is 2.68. The molecular formula is C20H19N5O. The van der Waals surface area contributed by atoms with Crippen molar-refractivity contribution in [2.45, 2.75) is 0 Å². The minimum Gasteiger partial charge on any atom is -0.331 e. The maximum Gasteiger partial charge on any atom is 0.254 e. The van der Waals surface area contributed by atoms with Gasteiger partial charge in [0.1, 0.15) is 6.33 Å². The third-order valence-corrected chi connectivity index (χ3v) is 3.87. The molecule has 0 saturated carbocycles. The van der Waals surface area contributed by atoms with Crippen molar-refractivity contribution >= 4 is 5.91 Å². The molecule has 0 atom stereocenters. The second-order valence-electron chi connectivity index (χ2n) is 5.68. The number of hydrogen-bond donors (Lipinski definition) is 0. The van der Waals surface area contributed by atoms with Crippen LogP contribution in [0, 0.1) is 0 Å². The van der Waals surface area contributed by atoms with E-state index in [9.17, 15) is 4.79 Å². The van der Waals surface area contributed by atoms with Crippen molar-refractivity contribution in [3.63, 3.8) is 0 Å². The summed E-state index contributed by atoms with van der Waals surface area (Å²) >= 11 is 0. The van der Waals surface area contributed by atoms with Gasteiger partial charge in [-0.25, -0.2) is 4.68 Å². The van der Waals surface area contributed by atoms with Gasteiger partial charge in [-0.15, -0.1) is 18.3 Å². The maximum absolute atomic E-state index is 13.0. The second-order valence-corrected chi connectivity index (χ2v) is 5.68. The van der Waals surface area contributed by atoms with E-state index in [0.717, 1.165) is 16.8 Å². The number of hydrogen-bond acceptors (Lipinski definition) is 4. The molecule has 1 heterocycles. The third-order valence-electron chi connectivity index (χ3n) is 3.87. The molecule has 0 unspecified atom stereocenters. The minimum absolute atomic E-state index is 0.100. The lowest BCUT2D eigenvalue weighted by Gasteiger charge is -2.20. The van der Waals surface area contributed by atoms with Crippen LogP contribution in [0.3, 0.4) is 0 Å². The Morgan fingerprint density at radius 1 is 1.04 bits per heavy atom. The fourth-order valence-electron chi connectivity index (χ4n) is 2.68. The summed E-state index contributed by atoms with van der Waals surface area (Å²) in [6.07, 6.45) is 4.90. The summed E-state index contributed by atoms with van der Waals surface area (Å²) in [6, 6.07) is 15.5. The lowest BCUT2D eigenvalue weighted by atomic mass is 10.0. The molecule has 2 aromatic carbocycles. The van der Waals surface area contributed by atoms with Crippen molar-refractivity contribution in [3.05, 3.63) is 85.7 Å². The number of benzene rings is 2. The maximum atomic E-state index is 13.0. The molecule has 0 aliphatic carbocycles. The highest BCUT2D eigenvalue weighted by Gasteiger charge is 2.16. The van der Waals surface area contributed by atoms with E-state index in [4.69, 9.17) is 0 Å². The summed E-state index contributed by atoms with van der Waals surface area (Å²) in [5, 5.41) is 11.3. The molecule has 0 fully saturated rings. The monoisotopic (exact) mass is 345 g/mol. The van der Waals surface area contributed by atoms with Crippen LogP contribution < -0.4 is 0 Å². The summed E-state index contributed by atoms with van der Waals surface area (Å²) in [5.41, 5.74) is 3.20. The normalized spacial score (nSPS) is 10.3. The third kappa shape index (κ3) is 3.75. The Hall–Kier alpha value is -3.54. The number of carbonyl (C=O) groups excluding carboxylic acids is 1. The molecule has 6 heteroatoms. The van der Waals surface area contributed by atoms with Crippen LogP contribution in [-0.2, 0) is 0 Å². The van der Waals surface area contributed by atoms with Crippen molar-refractivity contribution in [3.8, 4) is 16.8 Å². The van der Waals surface area contributed by atoms with Gasteiger partial charge in [0.25, 0.3) is 5.91 Å². The average molecular weight is 345 g/mol. The molecule has 1 aromatic heterocycles. The van der Waals surface area contributed by atoms with Crippen LogP contribution in [-0.4, -0.2) is 44.1 Å². The zero-order valence-electron chi connectivity index (χ0n) is 14.3. The van der Waals surface area contributed by atoms with Gasteiger partial charge in [-0.05, 0) is 39.8 Å². The van der Waals surface area contributed by atoms with E-state index in [1.165, 1.54) is 11.0 Å². The Morgan fingerprint density at radius 2 is 1.77 bits per heavy atom. The molecule has 0 spiro atoms. The van der Waals surface area contributed by atoms with Gasteiger partial charge in [0.05, 0.1) is 5.69 Å². The molecule has 0 N–H and O–H groups in total. The van der Waals surface area contributed by atoms with Gasteiger partial charge in [-0.2, -0.15) is 0 Å². The Morgan fingerprint density at radius 3 is 2.38 bits per heavy atom. The first-order chi connectivity index (χ1) is 12.7. The Kier molecular flexibility index (Phi) is 5.34. The Balaban J connectivity index is 2.09. The van der Waals surface area contributed by atoms with E-state index >= 15 is 0 Å². The summed E-state index contributed by atoms with van der Waals surface area (Å²) in [7, 11) is 0. The first-order valence-electron chi connectivity index (χ1n) is 8.18. The predicted molar refractivity (Wildman–Crippen MR) is 101 cm³/mol. The largest absolute Gasteiger partial charge is 0.331 e. The molecule has 0 saturated heterocycles. The first kappa shape index (κ1) is 17.3. The van der Waals surface area contributed by atoms with E-state index in [0.29, 0.717) is 18.7 Å². The van der Waals surface area contributed by atoms with E-state index in [2.05, 4.69) is 28.7 Å². The zero-order valence-corrected chi connectivity index (χ0v) is 14.3. The number of nitrogens with zero attached hydrogens (tertiary/aromatic N) is 5. The number of amides is 1. The SMILES string of the molecule is C=CCN(CC=C)C(=O)c1cc(-c2ccccc2)cc(-n2cnnn2)c1. The number of aromatic nitrogens is 4. The van der Waals surface area contributed by atoms with Crippen LogP contribution in [0.15, 0.2) is 80.2 Å². The lowest BCUT2D eigenvalue weighted by Crippen LogP contribution is -2.31. The topological polar surface area (TPSA) is 63.9 Å². The Labute approximate surface area is 152 Å². The summed E-state index contributed by atoms with van der Waals surface area (Å²) in [4.78, 5) is 14.7. The van der Waals surface area contributed by atoms with Gasteiger partial charge in [0.2, 0.25) is 0 Å². The number of rotatable bonds is 7. The van der Waals surface area contributed by atoms with Gasteiger partial charge in [0, 0.05) is 18.7 Å². The smallest absolute Gasteiger partial charge is 0.254 e. The highest BCUT2D eigenvalue weighted by Crippen LogP contribution is 2.24. The van der Waals surface area contributed by atoms with Crippen molar-refractivity contribution in [2.24, 2.45) is 0 Å². The molecule has 0 bridgehead atoms. The minimum atomic E-state index is -0.100. The van der Waals surface area contributed by atoms with Crippen molar-refractivity contribution in [1.82, 2.24) is 25.1 Å². The van der Waals surface area contributed by atoms with Crippen LogP contribution >= 0.6 is 0 Å². The van der Waals surface area contributed by atoms with Crippen LogP contribution in [0.1, 0.15) is 10.4 Å². The van der Waals surface area contributed by atoms with Gasteiger partial charge in [0.15, 0.2) is 0 Å². The van der Waals surface area contributed by atoms with Gasteiger partial charge >= 0.3 is 0 Å². The van der Waals surface area contributed by atoms with Crippen molar-refractivity contribution < 1.29 is 4.79 Å². The molecule has 130 valence electrons. The van der Waals surface area contributed by atoms with E-state index in [1.54, 1.807) is 23.1 Å². The highest BCUT2D eigenvalue weighted by molar-refractivity contribution is 5.96. The molecular weight excluding hydrogens is 326 g/mol. The summed E-state index contributed by atoms with van der Waals surface area (Å²) in [6.45, 7) is 8.34. The molecule has 0 aliphatic heterocycles. The van der Waals surface area contributed by atoms with E-state index in [-0.39, 0.29) is 5.91 Å².